The third kappa shape index (κ3) is 4.99. The summed E-state index contributed by atoms with van der Waals surface area (Å²) >= 11 is 5.89. The molecule has 1 atom stereocenters. The second-order valence-electron chi connectivity index (χ2n) is 6.48. The minimum atomic E-state index is -1.08. The van der Waals surface area contributed by atoms with E-state index in [4.69, 9.17) is 11.6 Å². The van der Waals surface area contributed by atoms with E-state index in [9.17, 15) is 14.7 Å². The van der Waals surface area contributed by atoms with Crippen LogP contribution in [0.15, 0.2) is 84.9 Å². The average Bonchev–Trinajstić information content (AvgIpc) is 2.71. The van der Waals surface area contributed by atoms with Gasteiger partial charge in [0.2, 0.25) is 5.91 Å². The number of amides is 1. The predicted molar refractivity (Wildman–Crippen MR) is 109 cm³/mol. The van der Waals surface area contributed by atoms with Crippen LogP contribution in [0.1, 0.15) is 22.6 Å². The van der Waals surface area contributed by atoms with Crippen molar-refractivity contribution in [3.8, 4) is 0 Å². The van der Waals surface area contributed by atoms with Gasteiger partial charge in [0.15, 0.2) is 0 Å². The first-order chi connectivity index (χ1) is 13.5. The van der Waals surface area contributed by atoms with E-state index in [0.717, 1.165) is 16.7 Å². The third-order valence-corrected chi connectivity index (χ3v) is 4.75. The highest BCUT2D eigenvalue weighted by Gasteiger charge is 2.27. The summed E-state index contributed by atoms with van der Waals surface area (Å²) in [6, 6.07) is 24.6. The summed E-state index contributed by atoms with van der Waals surface area (Å²) in [7, 11) is 0. The van der Waals surface area contributed by atoms with E-state index < -0.39 is 17.9 Å². The molecule has 0 aliphatic heterocycles. The summed E-state index contributed by atoms with van der Waals surface area (Å²) in [4.78, 5) is 24.9. The Bertz CT molecular complexity index is 888. The molecule has 5 heteroatoms. The second-order valence-corrected chi connectivity index (χ2v) is 6.92. The van der Waals surface area contributed by atoms with Gasteiger partial charge in [-0.05, 0) is 28.8 Å². The van der Waals surface area contributed by atoms with Crippen LogP contribution in [0.3, 0.4) is 0 Å². The van der Waals surface area contributed by atoms with Gasteiger partial charge in [-0.2, -0.15) is 0 Å². The number of carbonyl (C=O) groups excluding carboxylic acids is 1. The molecule has 0 heterocycles. The quantitative estimate of drug-likeness (QED) is 0.629. The molecular formula is C23H20ClNO3. The first-order valence-corrected chi connectivity index (χ1v) is 9.30. The number of benzene rings is 3. The molecule has 0 aliphatic carbocycles. The molecule has 3 rings (SSSR count). The first kappa shape index (κ1) is 19.6. The van der Waals surface area contributed by atoms with Gasteiger partial charge < -0.3 is 10.4 Å². The van der Waals surface area contributed by atoms with Crippen LogP contribution in [-0.2, 0) is 16.0 Å². The number of hydrogen-bond acceptors (Lipinski definition) is 2. The Balaban J connectivity index is 1.85. The van der Waals surface area contributed by atoms with Gasteiger partial charge in [0.1, 0.15) is 6.04 Å². The smallest absolute Gasteiger partial charge is 0.326 e. The van der Waals surface area contributed by atoms with Crippen LogP contribution < -0.4 is 5.32 Å². The van der Waals surface area contributed by atoms with E-state index >= 15 is 0 Å². The Morgan fingerprint density at radius 1 is 0.821 bits per heavy atom. The summed E-state index contributed by atoms with van der Waals surface area (Å²) < 4.78 is 0. The fraction of sp³-hybridized carbons (Fsp3) is 0.130. The van der Waals surface area contributed by atoms with Gasteiger partial charge in [0.05, 0.1) is 5.92 Å². The lowest BCUT2D eigenvalue weighted by Gasteiger charge is -2.21. The van der Waals surface area contributed by atoms with Gasteiger partial charge in [-0.1, -0.05) is 84.4 Å². The Morgan fingerprint density at radius 2 is 1.32 bits per heavy atom. The maximum atomic E-state index is 13.1. The fourth-order valence-corrected chi connectivity index (χ4v) is 3.22. The van der Waals surface area contributed by atoms with Gasteiger partial charge in [0, 0.05) is 11.4 Å². The SMILES string of the molecule is O=C(N[C@H](Cc1ccc(Cl)cc1)C(=O)O)C(c1ccccc1)c1ccccc1. The van der Waals surface area contributed by atoms with Crippen molar-refractivity contribution in [3.05, 3.63) is 107 Å². The number of aliphatic carboxylic acids is 1. The highest BCUT2D eigenvalue weighted by Crippen LogP contribution is 2.25. The monoisotopic (exact) mass is 393 g/mol. The van der Waals surface area contributed by atoms with Crippen molar-refractivity contribution in [1.82, 2.24) is 5.32 Å². The Hall–Kier alpha value is -3.11. The van der Waals surface area contributed by atoms with Crippen LogP contribution in [-0.4, -0.2) is 23.0 Å². The van der Waals surface area contributed by atoms with Crippen LogP contribution in [0.4, 0.5) is 0 Å². The van der Waals surface area contributed by atoms with Crippen LogP contribution in [0.5, 0.6) is 0 Å². The van der Waals surface area contributed by atoms with Gasteiger partial charge in [-0.25, -0.2) is 4.79 Å². The molecule has 0 spiro atoms. The summed E-state index contributed by atoms with van der Waals surface area (Å²) in [6.45, 7) is 0. The molecule has 0 radical (unpaired) electrons. The molecule has 0 aliphatic rings. The second kappa shape index (κ2) is 9.20. The van der Waals surface area contributed by atoms with E-state index in [1.54, 1.807) is 24.3 Å². The standard InChI is InChI=1S/C23H20ClNO3/c24-19-13-11-16(12-14-19)15-20(23(27)28)25-22(26)21(17-7-3-1-4-8-17)18-9-5-2-6-10-18/h1-14,20-21H,15H2,(H,25,26)(H,27,28)/t20-/m1/s1. The van der Waals surface area contributed by atoms with Gasteiger partial charge in [-0.3, -0.25) is 4.79 Å². The molecule has 3 aromatic carbocycles. The van der Waals surface area contributed by atoms with Crippen LogP contribution in [0.2, 0.25) is 5.02 Å². The van der Waals surface area contributed by atoms with Gasteiger partial charge >= 0.3 is 5.97 Å². The lowest BCUT2D eigenvalue weighted by molar-refractivity contribution is -0.141. The number of carboxylic acid groups (broad SMARTS) is 1. The minimum absolute atomic E-state index is 0.175. The molecule has 142 valence electrons. The highest BCUT2D eigenvalue weighted by atomic mass is 35.5. The van der Waals surface area contributed by atoms with Crippen molar-refractivity contribution in [2.75, 3.05) is 0 Å². The van der Waals surface area contributed by atoms with Crippen molar-refractivity contribution in [3.63, 3.8) is 0 Å². The zero-order valence-electron chi connectivity index (χ0n) is 15.1. The molecule has 0 bridgehead atoms. The summed E-state index contributed by atoms with van der Waals surface area (Å²) in [5.74, 6) is -2.02. The van der Waals surface area contributed by atoms with Gasteiger partial charge in [-0.15, -0.1) is 0 Å². The first-order valence-electron chi connectivity index (χ1n) is 8.92. The molecule has 2 N–H and O–H groups in total. The van der Waals surface area contributed by atoms with Crippen LogP contribution in [0.25, 0.3) is 0 Å². The summed E-state index contributed by atoms with van der Waals surface area (Å²) in [5, 5.41) is 12.9. The number of carbonyl (C=O) groups is 2. The van der Waals surface area contributed by atoms with E-state index in [1.807, 2.05) is 60.7 Å². The number of carboxylic acids is 1. The van der Waals surface area contributed by atoms with E-state index in [0.29, 0.717) is 5.02 Å². The summed E-state index contributed by atoms with van der Waals surface area (Å²) in [6.07, 6.45) is 0.175. The van der Waals surface area contributed by atoms with Crippen molar-refractivity contribution in [1.29, 1.82) is 0 Å². The molecule has 0 saturated heterocycles. The highest BCUT2D eigenvalue weighted by molar-refractivity contribution is 6.30. The molecule has 0 aromatic heterocycles. The maximum Gasteiger partial charge on any atom is 0.326 e. The third-order valence-electron chi connectivity index (χ3n) is 4.50. The van der Waals surface area contributed by atoms with Crippen molar-refractivity contribution < 1.29 is 14.7 Å². The summed E-state index contributed by atoms with van der Waals surface area (Å²) in [5.41, 5.74) is 2.40. The zero-order chi connectivity index (χ0) is 19.9. The predicted octanol–water partition coefficient (Wildman–Crippen LogP) is 4.28. The maximum absolute atomic E-state index is 13.1. The van der Waals surface area contributed by atoms with E-state index in [1.165, 1.54) is 0 Å². The number of halogens is 1. The normalized spacial score (nSPS) is 11.8. The number of hydrogen-bond donors (Lipinski definition) is 2. The van der Waals surface area contributed by atoms with Crippen molar-refractivity contribution in [2.24, 2.45) is 0 Å². The lowest BCUT2D eigenvalue weighted by Crippen LogP contribution is -2.44. The topological polar surface area (TPSA) is 66.4 Å². The molecule has 28 heavy (non-hydrogen) atoms. The van der Waals surface area contributed by atoms with Crippen LogP contribution in [0, 0.1) is 0 Å². The largest absolute Gasteiger partial charge is 0.480 e. The molecule has 0 fully saturated rings. The molecule has 0 saturated carbocycles. The molecule has 4 nitrogen and oxygen atoms in total. The Morgan fingerprint density at radius 3 is 1.79 bits per heavy atom. The number of nitrogens with one attached hydrogen (secondary N) is 1. The van der Waals surface area contributed by atoms with Gasteiger partial charge in [0.25, 0.3) is 0 Å². The Labute approximate surface area is 168 Å². The van der Waals surface area contributed by atoms with E-state index in [2.05, 4.69) is 5.32 Å². The molecule has 3 aromatic rings. The minimum Gasteiger partial charge on any atom is -0.480 e. The molecule has 0 unspecified atom stereocenters. The van der Waals surface area contributed by atoms with Crippen LogP contribution >= 0.6 is 11.6 Å². The van der Waals surface area contributed by atoms with Crippen molar-refractivity contribution >= 4 is 23.5 Å². The average molecular weight is 394 g/mol. The fourth-order valence-electron chi connectivity index (χ4n) is 3.10. The molecular weight excluding hydrogens is 374 g/mol. The lowest BCUT2D eigenvalue weighted by atomic mass is 9.90. The number of rotatable bonds is 7. The zero-order valence-corrected chi connectivity index (χ0v) is 15.8. The van der Waals surface area contributed by atoms with E-state index in [-0.39, 0.29) is 12.3 Å². The van der Waals surface area contributed by atoms with Crippen molar-refractivity contribution in [2.45, 2.75) is 18.4 Å². The Kier molecular flexibility index (Phi) is 6.45. The molecule has 1 amide bonds.